The van der Waals surface area contributed by atoms with Crippen molar-refractivity contribution in [1.82, 2.24) is 4.90 Å². The van der Waals surface area contributed by atoms with E-state index in [4.69, 9.17) is 0 Å². The third-order valence-corrected chi connectivity index (χ3v) is 4.77. The lowest BCUT2D eigenvalue weighted by Gasteiger charge is -2.26. The summed E-state index contributed by atoms with van der Waals surface area (Å²) in [5, 5.41) is 2.91. The summed E-state index contributed by atoms with van der Waals surface area (Å²) in [6.45, 7) is 7.58. The van der Waals surface area contributed by atoms with E-state index in [1.165, 1.54) is 6.92 Å². The second-order valence-electron chi connectivity index (χ2n) is 5.94. The van der Waals surface area contributed by atoms with Gasteiger partial charge in [-0.25, -0.2) is 4.79 Å². The predicted octanol–water partition coefficient (Wildman–Crippen LogP) is 3.93. The van der Waals surface area contributed by atoms with Gasteiger partial charge >= 0.3 is 6.03 Å². The van der Waals surface area contributed by atoms with Gasteiger partial charge in [0.2, 0.25) is 0 Å². The molecule has 114 valence electrons. The van der Waals surface area contributed by atoms with Crippen LogP contribution in [0.25, 0.3) is 0 Å². The van der Waals surface area contributed by atoms with Gasteiger partial charge in [-0.2, -0.15) is 0 Å². The summed E-state index contributed by atoms with van der Waals surface area (Å²) in [6.07, 6.45) is 3.30. The fraction of sp³-hybridized carbons (Fsp3) is 0.529. The average molecular weight is 288 g/mol. The highest BCUT2D eigenvalue weighted by Crippen LogP contribution is 2.37. The first kappa shape index (κ1) is 15.5. The molecule has 1 N–H and O–H groups in total. The third-order valence-electron chi connectivity index (χ3n) is 4.77. The number of amides is 2. The number of ketones is 1. The highest BCUT2D eigenvalue weighted by Gasteiger charge is 2.36. The number of Topliss-reactive ketones (excluding diaryl/α,β-unsaturated/α-hetero) is 1. The minimum Gasteiger partial charge on any atom is -0.324 e. The Morgan fingerprint density at radius 2 is 1.81 bits per heavy atom. The Morgan fingerprint density at radius 1 is 1.19 bits per heavy atom. The Bertz CT molecular complexity index is 518. The van der Waals surface area contributed by atoms with E-state index in [2.05, 4.69) is 19.2 Å². The zero-order valence-electron chi connectivity index (χ0n) is 13.1. The molecule has 0 radical (unpaired) electrons. The van der Waals surface area contributed by atoms with E-state index in [-0.39, 0.29) is 17.2 Å². The van der Waals surface area contributed by atoms with Gasteiger partial charge in [0, 0.05) is 24.3 Å². The van der Waals surface area contributed by atoms with Gasteiger partial charge in [-0.1, -0.05) is 13.8 Å². The molecule has 0 bridgehead atoms. The summed E-state index contributed by atoms with van der Waals surface area (Å²) in [5.41, 5.74) is 1.68. The first-order valence-electron chi connectivity index (χ1n) is 7.66. The Kier molecular flexibility index (Phi) is 4.66. The maximum absolute atomic E-state index is 12.3. The molecule has 0 aliphatic carbocycles. The van der Waals surface area contributed by atoms with Gasteiger partial charge in [-0.05, 0) is 55.9 Å². The molecule has 21 heavy (non-hydrogen) atoms. The minimum atomic E-state index is -0.0469. The van der Waals surface area contributed by atoms with Crippen molar-refractivity contribution in [2.24, 2.45) is 5.41 Å². The van der Waals surface area contributed by atoms with Crippen LogP contribution in [0, 0.1) is 5.41 Å². The van der Waals surface area contributed by atoms with Crippen LogP contribution in [0.1, 0.15) is 50.4 Å². The van der Waals surface area contributed by atoms with E-state index >= 15 is 0 Å². The molecule has 4 nitrogen and oxygen atoms in total. The summed E-state index contributed by atoms with van der Waals surface area (Å²) >= 11 is 0. The largest absolute Gasteiger partial charge is 0.324 e. The van der Waals surface area contributed by atoms with Crippen LogP contribution in [-0.2, 0) is 0 Å². The maximum atomic E-state index is 12.3. The molecule has 4 heteroatoms. The molecule has 2 rings (SSSR count). The Hall–Kier alpha value is -1.84. The molecular formula is C17H24N2O2. The number of hydrogen-bond donors (Lipinski definition) is 1. The second kappa shape index (κ2) is 6.29. The zero-order valence-corrected chi connectivity index (χ0v) is 13.1. The molecule has 1 aromatic rings. The van der Waals surface area contributed by atoms with Crippen LogP contribution >= 0.6 is 0 Å². The van der Waals surface area contributed by atoms with Crippen molar-refractivity contribution in [2.75, 3.05) is 18.4 Å². The molecule has 0 saturated carbocycles. The van der Waals surface area contributed by atoms with Crippen molar-refractivity contribution in [3.05, 3.63) is 29.8 Å². The Morgan fingerprint density at radius 3 is 2.29 bits per heavy atom. The van der Waals surface area contributed by atoms with Crippen molar-refractivity contribution in [3.63, 3.8) is 0 Å². The van der Waals surface area contributed by atoms with Crippen LogP contribution in [0.3, 0.4) is 0 Å². The summed E-state index contributed by atoms with van der Waals surface area (Å²) < 4.78 is 0. The number of urea groups is 1. The molecule has 1 heterocycles. The summed E-state index contributed by atoms with van der Waals surface area (Å²) in [6, 6.07) is 6.98. The second-order valence-corrected chi connectivity index (χ2v) is 5.94. The van der Waals surface area contributed by atoms with Crippen molar-refractivity contribution >= 4 is 17.5 Å². The van der Waals surface area contributed by atoms with Crippen LogP contribution in [0.15, 0.2) is 24.3 Å². The van der Waals surface area contributed by atoms with Crippen molar-refractivity contribution in [1.29, 1.82) is 0 Å². The summed E-state index contributed by atoms with van der Waals surface area (Å²) in [7, 11) is 0. The van der Waals surface area contributed by atoms with Gasteiger partial charge in [0.05, 0.1) is 0 Å². The molecule has 0 spiro atoms. The molecular weight excluding hydrogens is 264 g/mol. The number of likely N-dealkylation sites (tertiary alicyclic amines) is 1. The van der Waals surface area contributed by atoms with Gasteiger partial charge in [0.1, 0.15) is 0 Å². The maximum Gasteiger partial charge on any atom is 0.321 e. The average Bonchev–Trinajstić information content (AvgIpc) is 2.93. The summed E-state index contributed by atoms with van der Waals surface area (Å²) in [4.78, 5) is 25.4. The van der Waals surface area contributed by atoms with Crippen LogP contribution in [0.5, 0.6) is 0 Å². The first-order chi connectivity index (χ1) is 9.99. The van der Waals surface area contributed by atoms with Crippen LogP contribution in [-0.4, -0.2) is 29.8 Å². The molecule has 1 aliphatic heterocycles. The van der Waals surface area contributed by atoms with E-state index < -0.39 is 0 Å². The van der Waals surface area contributed by atoms with Gasteiger partial charge in [0.25, 0.3) is 0 Å². The van der Waals surface area contributed by atoms with E-state index in [1.807, 2.05) is 4.90 Å². The monoisotopic (exact) mass is 288 g/mol. The molecule has 0 unspecified atom stereocenters. The van der Waals surface area contributed by atoms with Gasteiger partial charge in [-0.3, -0.25) is 4.79 Å². The van der Waals surface area contributed by atoms with Gasteiger partial charge in [-0.15, -0.1) is 0 Å². The molecule has 0 aromatic heterocycles. The number of hydrogen-bond acceptors (Lipinski definition) is 2. The molecule has 0 atom stereocenters. The lowest BCUT2D eigenvalue weighted by atomic mass is 9.82. The van der Waals surface area contributed by atoms with E-state index in [9.17, 15) is 9.59 Å². The lowest BCUT2D eigenvalue weighted by molar-refractivity contribution is 0.101. The number of benzene rings is 1. The number of carbonyl (C=O) groups is 2. The highest BCUT2D eigenvalue weighted by molar-refractivity contribution is 5.95. The first-order valence-corrected chi connectivity index (χ1v) is 7.66. The molecule has 2 amide bonds. The molecule has 1 aliphatic rings. The molecule has 1 fully saturated rings. The number of nitrogens with zero attached hydrogens (tertiary/aromatic N) is 1. The number of anilines is 1. The predicted molar refractivity (Wildman–Crippen MR) is 84.7 cm³/mol. The third kappa shape index (κ3) is 3.43. The fourth-order valence-corrected chi connectivity index (χ4v) is 2.93. The SMILES string of the molecule is CCC1(CC)CCN(C(=O)Nc2ccc(C(C)=O)cc2)C1. The number of nitrogens with one attached hydrogen (secondary N) is 1. The van der Waals surface area contributed by atoms with Crippen LogP contribution < -0.4 is 5.32 Å². The van der Waals surface area contributed by atoms with Crippen LogP contribution in [0.2, 0.25) is 0 Å². The van der Waals surface area contributed by atoms with Gasteiger partial charge in [0.15, 0.2) is 5.78 Å². The quantitative estimate of drug-likeness (QED) is 0.853. The fourth-order valence-electron chi connectivity index (χ4n) is 2.93. The normalized spacial score (nSPS) is 16.8. The highest BCUT2D eigenvalue weighted by atomic mass is 16.2. The van der Waals surface area contributed by atoms with Crippen molar-refractivity contribution < 1.29 is 9.59 Å². The number of rotatable bonds is 4. The molecule has 1 aromatic carbocycles. The standard InChI is InChI=1S/C17H24N2O2/c1-4-17(5-2)10-11-19(12-17)16(21)18-15-8-6-14(7-9-15)13(3)20/h6-9H,4-5,10-12H2,1-3H3,(H,18,21). The minimum absolute atomic E-state index is 0.0306. The smallest absolute Gasteiger partial charge is 0.321 e. The van der Waals surface area contributed by atoms with Gasteiger partial charge < -0.3 is 10.2 Å². The van der Waals surface area contributed by atoms with Crippen molar-refractivity contribution in [3.8, 4) is 0 Å². The van der Waals surface area contributed by atoms with E-state index in [0.29, 0.717) is 5.56 Å². The lowest BCUT2D eigenvalue weighted by Crippen LogP contribution is -2.35. The van der Waals surface area contributed by atoms with Crippen molar-refractivity contribution in [2.45, 2.75) is 40.0 Å². The topological polar surface area (TPSA) is 49.4 Å². The van der Waals surface area contributed by atoms with E-state index in [1.54, 1.807) is 24.3 Å². The zero-order chi connectivity index (χ0) is 15.5. The van der Waals surface area contributed by atoms with Crippen LogP contribution in [0.4, 0.5) is 10.5 Å². The Balaban J connectivity index is 1.97. The summed E-state index contributed by atoms with van der Waals surface area (Å²) in [5.74, 6) is 0.0306. The molecule has 1 saturated heterocycles. The number of carbonyl (C=O) groups excluding carboxylic acids is 2. The Labute approximate surface area is 126 Å². The van der Waals surface area contributed by atoms with E-state index in [0.717, 1.165) is 38.0 Å².